The van der Waals surface area contributed by atoms with Gasteiger partial charge in [0.05, 0.1) is 10.8 Å². The summed E-state index contributed by atoms with van der Waals surface area (Å²) in [4.78, 5) is 16.1. The summed E-state index contributed by atoms with van der Waals surface area (Å²) < 4.78 is 0. The monoisotopic (exact) mass is 334 g/mol. The molecule has 1 N–H and O–H groups in total. The number of hydrogen-bond acceptors (Lipinski definition) is 3. The third-order valence-electron chi connectivity index (χ3n) is 3.37. The minimum Gasteiger partial charge on any atom is -0.355 e. The van der Waals surface area contributed by atoms with Crippen LogP contribution < -0.4 is 5.32 Å². The van der Waals surface area contributed by atoms with Gasteiger partial charge in [-0.1, -0.05) is 60.6 Å². The molecule has 2 rings (SSSR count). The Kier molecular flexibility index (Phi) is 6.74. The third-order valence-corrected chi connectivity index (χ3v) is 4.80. The largest absolute Gasteiger partial charge is 0.355 e. The van der Waals surface area contributed by atoms with E-state index in [1.54, 1.807) is 18.3 Å². The smallest absolute Gasteiger partial charge is 0.230 e. The van der Waals surface area contributed by atoms with Crippen molar-refractivity contribution in [3.05, 3.63) is 59.2 Å². The van der Waals surface area contributed by atoms with Gasteiger partial charge in [-0.15, -0.1) is 0 Å². The lowest BCUT2D eigenvalue weighted by atomic mass is 9.96. The number of hydrogen-bond donors (Lipinski definition) is 1. The summed E-state index contributed by atoms with van der Waals surface area (Å²) in [5.74, 6) is 0.664. The quantitative estimate of drug-likeness (QED) is 0.774. The number of halogens is 1. The number of thioether (sulfide) groups is 1. The zero-order valence-electron chi connectivity index (χ0n) is 12.5. The molecule has 0 aliphatic rings. The summed E-state index contributed by atoms with van der Waals surface area (Å²) >= 11 is 7.38. The number of pyridine rings is 1. The van der Waals surface area contributed by atoms with E-state index in [1.165, 1.54) is 17.3 Å². The Morgan fingerprint density at radius 3 is 2.73 bits per heavy atom. The highest BCUT2D eigenvalue weighted by Gasteiger charge is 2.11. The Morgan fingerprint density at radius 1 is 1.27 bits per heavy atom. The van der Waals surface area contributed by atoms with Crippen LogP contribution in [0, 0.1) is 0 Å². The van der Waals surface area contributed by atoms with Crippen LogP contribution in [0.5, 0.6) is 0 Å². The van der Waals surface area contributed by atoms with Crippen molar-refractivity contribution in [1.82, 2.24) is 10.3 Å². The van der Waals surface area contributed by atoms with E-state index in [2.05, 4.69) is 29.4 Å². The lowest BCUT2D eigenvalue weighted by Gasteiger charge is -2.16. The molecule has 2 aromatic rings. The van der Waals surface area contributed by atoms with Gasteiger partial charge in [0.25, 0.3) is 0 Å². The molecule has 0 spiro atoms. The Morgan fingerprint density at radius 2 is 2.05 bits per heavy atom. The van der Waals surface area contributed by atoms with Gasteiger partial charge in [0.2, 0.25) is 5.91 Å². The maximum Gasteiger partial charge on any atom is 0.230 e. The van der Waals surface area contributed by atoms with Gasteiger partial charge < -0.3 is 5.32 Å². The fourth-order valence-electron chi connectivity index (χ4n) is 2.12. The first-order chi connectivity index (χ1) is 10.7. The van der Waals surface area contributed by atoms with Crippen LogP contribution in [0.15, 0.2) is 53.7 Å². The number of amides is 1. The third kappa shape index (κ3) is 5.04. The molecule has 0 saturated heterocycles. The topological polar surface area (TPSA) is 42.0 Å². The summed E-state index contributed by atoms with van der Waals surface area (Å²) in [6.07, 6.45) is 2.66. The summed E-state index contributed by atoms with van der Waals surface area (Å²) in [5, 5.41) is 4.26. The van der Waals surface area contributed by atoms with Crippen molar-refractivity contribution < 1.29 is 4.79 Å². The predicted octanol–water partition coefficient (Wildman–Crippen LogP) is 4.14. The highest BCUT2D eigenvalue weighted by molar-refractivity contribution is 8.00. The number of carbonyl (C=O) groups excluding carboxylic acids is 1. The molecule has 1 aromatic heterocycles. The van der Waals surface area contributed by atoms with Crippen LogP contribution in [0.25, 0.3) is 0 Å². The molecule has 1 heterocycles. The molecule has 1 amide bonds. The molecule has 0 radical (unpaired) electrons. The minimum absolute atomic E-state index is 0.00102. The van der Waals surface area contributed by atoms with Crippen molar-refractivity contribution in [3.63, 3.8) is 0 Å². The van der Waals surface area contributed by atoms with Gasteiger partial charge in [0.15, 0.2) is 0 Å². The molecule has 0 aliphatic carbocycles. The van der Waals surface area contributed by atoms with E-state index >= 15 is 0 Å². The molecule has 1 unspecified atom stereocenters. The van der Waals surface area contributed by atoms with E-state index in [9.17, 15) is 4.79 Å². The average molecular weight is 335 g/mol. The summed E-state index contributed by atoms with van der Waals surface area (Å²) in [5.41, 5.74) is 1.26. The Labute approximate surface area is 140 Å². The molecular formula is C17H19ClN2OS. The van der Waals surface area contributed by atoms with Crippen molar-refractivity contribution in [2.24, 2.45) is 0 Å². The van der Waals surface area contributed by atoms with Crippen LogP contribution in [-0.2, 0) is 4.79 Å². The van der Waals surface area contributed by atoms with E-state index in [0.717, 1.165) is 6.42 Å². The van der Waals surface area contributed by atoms with E-state index < -0.39 is 0 Å². The van der Waals surface area contributed by atoms with Gasteiger partial charge in [-0.05, 0) is 24.1 Å². The fraction of sp³-hybridized carbons (Fsp3) is 0.294. The second-order valence-corrected chi connectivity index (χ2v) is 6.27. The Balaban J connectivity index is 1.81. The SMILES string of the molecule is CCC(CNC(=O)CSc1ncccc1Cl)c1ccccc1. The standard InChI is InChI=1S/C17H19ClN2OS/c1-2-13(14-7-4-3-5-8-14)11-20-16(21)12-22-17-15(18)9-6-10-19-17/h3-10,13H,2,11-12H2,1H3,(H,20,21). The first kappa shape index (κ1) is 16.8. The van der Waals surface area contributed by atoms with Gasteiger partial charge >= 0.3 is 0 Å². The second kappa shape index (κ2) is 8.81. The normalized spacial score (nSPS) is 11.9. The molecule has 22 heavy (non-hydrogen) atoms. The lowest BCUT2D eigenvalue weighted by Crippen LogP contribution is -2.29. The van der Waals surface area contributed by atoms with Gasteiger partial charge in [0.1, 0.15) is 5.03 Å². The zero-order valence-corrected chi connectivity index (χ0v) is 14.0. The lowest BCUT2D eigenvalue weighted by molar-refractivity contribution is -0.118. The summed E-state index contributed by atoms with van der Waals surface area (Å²) in [7, 11) is 0. The highest BCUT2D eigenvalue weighted by atomic mass is 35.5. The van der Waals surface area contributed by atoms with E-state index in [0.29, 0.717) is 28.3 Å². The highest BCUT2D eigenvalue weighted by Crippen LogP contribution is 2.24. The van der Waals surface area contributed by atoms with Crippen molar-refractivity contribution in [3.8, 4) is 0 Å². The maximum atomic E-state index is 12.0. The second-order valence-electron chi connectivity index (χ2n) is 4.90. The number of benzene rings is 1. The van der Waals surface area contributed by atoms with E-state index in [1.807, 2.05) is 18.2 Å². The number of rotatable bonds is 7. The molecule has 0 saturated carbocycles. The van der Waals surface area contributed by atoms with Gasteiger partial charge in [-0.3, -0.25) is 4.79 Å². The van der Waals surface area contributed by atoms with Crippen LogP contribution in [-0.4, -0.2) is 23.2 Å². The number of carbonyl (C=O) groups is 1. The molecule has 1 aromatic carbocycles. The summed E-state index contributed by atoms with van der Waals surface area (Å²) in [6.45, 7) is 2.78. The van der Waals surface area contributed by atoms with Crippen LogP contribution in [0.1, 0.15) is 24.8 Å². The number of nitrogens with zero attached hydrogens (tertiary/aromatic N) is 1. The van der Waals surface area contributed by atoms with Crippen LogP contribution in [0.4, 0.5) is 0 Å². The first-order valence-electron chi connectivity index (χ1n) is 7.25. The van der Waals surface area contributed by atoms with Gasteiger partial charge in [-0.25, -0.2) is 4.98 Å². The number of nitrogens with one attached hydrogen (secondary N) is 1. The van der Waals surface area contributed by atoms with Crippen LogP contribution >= 0.6 is 23.4 Å². The van der Waals surface area contributed by atoms with E-state index in [4.69, 9.17) is 11.6 Å². The molecule has 0 fully saturated rings. The molecule has 3 nitrogen and oxygen atoms in total. The number of aromatic nitrogens is 1. The van der Waals surface area contributed by atoms with Gasteiger partial charge in [-0.2, -0.15) is 0 Å². The molecular weight excluding hydrogens is 316 g/mol. The van der Waals surface area contributed by atoms with E-state index in [-0.39, 0.29) is 5.91 Å². The van der Waals surface area contributed by atoms with Crippen molar-refractivity contribution in [2.75, 3.05) is 12.3 Å². The first-order valence-corrected chi connectivity index (χ1v) is 8.62. The molecule has 116 valence electrons. The molecule has 1 atom stereocenters. The molecule has 0 aliphatic heterocycles. The molecule has 5 heteroatoms. The van der Waals surface area contributed by atoms with Crippen molar-refractivity contribution in [1.29, 1.82) is 0 Å². The summed E-state index contributed by atoms with van der Waals surface area (Å²) in [6, 6.07) is 13.8. The fourth-order valence-corrected chi connectivity index (χ4v) is 3.12. The van der Waals surface area contributed by atoms with Crippen molar-refractivity contribution in [2.45, 2.75) is 24.3 Å². The molecule has 0 bridgehead atoms. The zero-order chi connectivity index (χ0) is 15.8. The Hall–Kier alpha value is -1.52. The average Bonchev–Trinajstić information content (AvgIpc) is 2.55. The Bertz CT molecular complexity index is 607. The van der Waals surface area contributed by atoms with Gasteiger partial charge in [0, 0.05) is 18.7 Å². The minimum atomic E-state index is 0.00102. The maximum absolute atomic E-state index is 12.0. The van der Waals surface area contributed by atoms with Crippen LogP contribution in [0.2, 0.25) is 5.02 Å². The predicted molar refractivity (Wildman–Crippen MR) is 92.5 cm³/mol. The van der Waals surface area contributed by atoms with Crippen LogP contribution in [0.3, 0.4) is 0 Å². The van der Waals surface area contributed by atoms with Crippen molar-refractivity contribution >= 4 is 29.3 Å².